The van der Waals surface area contributed by atoms with Crippen molar-refractivity contribution in [3.05, 3.63) is 23.7 Å². The number of rotatable bonds is 9. The summed E-state index contributed by atoms with van der Waals surface area (Å²) in [5.74, 6) is -0.183. The number of hydrogen-bond donors (Lipinski definition) is 3. The van der Waals surface area contributed by atoms with Gasteiger partial charge in [0.25, 0.3) is 0 Å². The summed E-state index contributed by atoms with van der Waals surface area (Å²) in [6, 6.07) is 3.25. The Balaban J connectivity index is 2.14. The highest BCUT2D eigenvalue weighted by Gasteiger charge is 2.01. The molecule has 0 aliphatic carbocycles. The van der Waals surface area contributed by atoms with E-state index in [1.807, 2.05) is 0 Å². The summed E-state index contributed by atoms with van der Waals surface area (Å²) in [7, 11) is 0. The van der Waals surface area contributed by atoms with Gasteiger partial charge in [0.15, 0.2) is 0 Å². The molecule has 7 nitrogen and oxygen atoms in total. The van der Waals surface area contributed by atoms with Crippen LogP contribution in [-0.4, -0.2) is 28.3 Å². The molecule has 20 heavy (non-hydrogen) atoms. The zero-order valence-electron chi connectivity index (χ0n) is 11.0. The molecule has 0 aliphatic rings. The van der Waals surface area contributed by atoms with Gasteiger partial charge in [0.1, 0.15) is 18.1 Å². The van der Waals surface area contributed by atoms with Gasteiger partial charge in [-0.1, -0.05) is 6.42 Å². The first-order chi connectivity index (χ1) is 9.61. The maximum Gasteiger partial charge on any atom is 0.303 e. The van der Waals surface area contributed by atoms with Gasteiger partial charge in [-0.15, -0.1) is 0 Å². The van der Waals surface area contributed by atoms with E-state index in [-0.39, 0.29) is 18.9 Å². The fraction of sp³-hybridized carbons (Fsp3) is 0.462. The van der Waals surface area contributed by atoms with Crippen molar-refractivity contribution in [3.63, 3.8) is 0 Å². The summed E-state index contributed by atoms with van der Waals surface area (Å²) in [6.45, 7) is -0.184. The molecule has 1 aromatic rings. The van der Waals surface area contributed by atoms with Gasteiger partial charge in [0.2, 0.25) is 5.91 Å². The fourth-order valence-corrected chi connectivity index (χ4v) is 1.51. The third kappa shape index (κ3) is 6.69. The first kappa shape index (κ1) is 15.9. The number of carboxylic acids is 1. The zero-order chi connectivity index (χ0) is 14.8. The van der Waals surface area contributed by atoms with Crippen LogP contribution >= 0.6 is 0 Å². The SMILES string of the molecule is O=C(O)CCCCCC(=O)N/N=C/c1ccc(CO)o1. The van der Waals surface area contributed by atoms with Gasteiger partial charge in [0, 0.05) is 12.8 Å². The van der Waals surface area contributed by atoms with Crippen molar-refractivity contribution in [2.45, 2.75) is 38.7 Å². The van der Waals surface area contributed by atoms with Crippen molar-refractivity contribution in [1.29, 1.82) is 0 Å². The van der Waals surface area contributed by atoms with E-state index in [9.17, 15) is 9.59 Å². The molecule has 1 aromatic heterocycles. The number of hydrazone groups is 1. The van der Waals surface area contributed by atoms with E-state index in [1.54, 1.807) is 12.1 Å². The molecule has 0 saturated carbocycles. The van der Waals surface area contributed by atoms with Crippen LogP contribution in [0.3, 0.4) is 0 Å². The number of carbonyl (C=O) groups excluding carboxylic acids is 1. The lowest BCUT2D eigenvalue weighted by Crippen LogP contribution is -2.16. The van der Waals surface area contributed by atoms with Crippen molar-refractivity contribution in [2.24, 2.45) is 5.10 Å². The lowest BCUT2D eigenvalue weighted by molar-refractivity contribution is -0.137. The third-order valence-corrected chi connectivity index (χ3v) is 2.51. The second-order valence-corrected chi connectivity index (χ2v) is 4.21. The van der Waals surface area contributed by atoms with E-state index < -0.39 is 5.97 Å². The maximum absolute atomic E-state index is 11.4. The van der Waals surface area contributed by atoms with Crippen molar-refractivity contribution in [2.75, 3.05) is 0 Å². The average molecular weight is 282 g/mol. The number of hydrogen-bond acceptors (Lipinski definition) is 5. The van der Waals surface area contributed by atoms with Gasteiger partial charge >= 0.3 is 5.97 Å². The minimum atomic E-state index is -0.820. The highest BCUT2D eigenvalue weighted by molar-refractivity contribution is 5.80. The predicted octanol–water partition coefficient (Wildman–Crippen LogP) is 1.26. The molecule has 1 rings (SSSR count). The van der Waals surface area contributed by atoms with Crippen LogP contribution in [0.25, 0.3) is 0 Å². The van der Waals surface area contributed by atoms with Gasteiger partial charge < -0.3 is 14.6 Å². The minimum Gasteiger partial charge on any atom is -0.481 e. The molecule has 7 heteroatoms. The monoisotopic (exact) mass is 282 g/mol. The Bertz CT molecular complexity index is 467. The molecular weight excluding hydrogens is 264 g/mol. The molecule has 0 radical (unpaired) electrons. The maximum atomic E-state index is 11.4. The summed E-state index contributed by atoms with van der Waals surface area (Å²) < 4.78 is 5.14. The van der Waals surface area contributed by atoms with Gasteiger partial charge in [-0.2, -0.15) is 5.10 Å². The topological polar surface area (TPSA) is 112 Å². The van der Waals surface area contributed by atoms with Crippen molar-refractivity contribution < 1.29 is 24.2 Å². The van der Waals surface area contributed by atoms with Crippen LogP contribution in [0.15, 0.2) is 21.7 Å². The Morgan fingerprint density at radius 1 is 1.25 bits per heavy atom. The fourth-order valence-electron chi connectivity index (χ4n) is 1.51. The number of aliphatic hydroxyl groups excluding tert-OH is 1. The van der Waals surface area contributed by atoms with Crippen LogP contribution in [0, 0.1) is 0 Å². The molecule has 0 unspecified atom stereocenters. The largest absolute Gasteiger partial charge is 0.481 e. The second-order valence-electron chi connectivity index (χ2n) is 4.21. The van der Waals surface area contributed by atoms with Crippen LogP contribution in [0.5, 0.6) is 0 Å². The van der Waals surface area contributed by atoms with Crippen LogP contribution < -0.4 is 5.43 Å². The number of furan rings is 1. The highest BCUT2D eigenvalue weighted by atomic mass is 16.4. The number of carboxylic acid groups (broad SMARTS) is 1. The average Bonchev–Trinajstić information content (AvgIpc) is 2.86. The summed E-state index contributed by atoms with van der Waals surface area (Å²) in [5.41, 5.74) is 2.35. The molecule has 0 atom stereocenters. The normalized spacial score (nSPS) is 10.8. The number of aliphatic hydroxyl groups is 1. The first-order valence-electron chi connectivity index (χ1n) is 6.35. The lowest BCUT2D eigenvalue weighted by atomic mass is 10.1. The van der Waals surface area contributed by atoms with Gasteiger partial charge in [-0.3, -0.25) is 9.59 Å². The molecule has 110 valence electrons. The van der Waals surface area contributed by atoms with E-state index in [2.05, 4.69) is 10.5 Å². The number of unbranched alkanes of at least 4 members (excludes halogenated alkanes) is 2. The Kier molecular flexibility index (Phi) is 7.05. The standard InChI is InChI=1S/C13H18N2O5/c16-9-11-7-6-10(20-11)8-14-15-12(17)4-2-1-3-5-13(18)19/h6-8,16H,1-5,9H2,(H,15,17)(H,18,19)/b14-8+. The summed E-state index contributed by atoms with van der Waals surface area (Å²) >= 11 is 0. The second kappa shape index (κ2) is 8.87. The Morgan fingerprint density at radius 3 is 2.65 bits per heavy atom. The summed E-state index contributed by atoms with van der Waals surface area (Å²) in [6.07, 6.45) is 3.68. The molecule has 0 aromatic carbocycles. The Hall–Kier alpha value is -2.15. The predicted molar refractivity (Wildman–Crippen MR) is 71.1 cm³/mol. The van der Waals surface area contributed by atoms with Crippen molar-refractivity contribution in [3.8, 4) is 0 Å². The van der Waals surface area contributed by atoms with Crippen molar-refractivity contribution in [1.82, 2.24) is 5.43 Å². The zero-order valence-corrected chi connectivity index (χ0v) is 11.0. The summed E-state index contributed by atoms with van der Waals surface area (Å²) in [4.78, 5) is 21.7. The lowest BCUT2D eigenvalue weighted by Gasteiger charge is -1.99. The summed E-state index contributed by atoms with van der Waals surface area (Å²) in [5, 5.41) is 21.0. The molecule has 0 fully saturated rings. The molecule has 1 amide bonds. The smallest absolute Gasteiger partial charge is 0.303 e. The molecule has 0 aliphatic heterocycles. The van der Waals surface area contributed by atoms with Gasteiger partial charge in [-0.05, 0) is 25.0 Å². The van der Waals surface area contributed by atoms with E-state index in [4.69, 9.17) is 14.6 Å². The highest BCUT2D eigenvalue weighted by Crippen LogP contribution is 2.05. The molecular formula is C13H18N2O5. The number of aliphatic carboxylic acids is 1. The Morgan fingerprint density at radius 2 is 2.00 bits per heavy atom. The number of nitrogens with one attached hydrogen (secondary N) is 1. The number of nitrogens with zero attached hydrogens (tertiary/aromatic N) is 1. The van der Waals surface area contributed by atoms with Crippen LogP contribution in [0.2, 0.25) is 0 Å². The molecule has 0 spiro atoms. The number of carbonyl (C=O) groups is 2. The van der Waals surface area contributed by atoms with E-state index in [0.717, 1.165) is 0 Å². The van der Waals surface area contributed by atoms with E-state index >= 15 is 0 Å². The van der Waals surface area contributed by atoms with Crippen molar-refractivity contribution >= 4 is 18.1 Å². The van der Waals surface area contributed by atoms with Gasteiger partial charge in [0.05, 0.1) is 6.21 Å². The van der Waals surface area contributed by atoms with Crippen LogP contribution in [0.4, 0.5) is 0 Å². The quantitative estimate of drug-likeness (QED) is 0.358. The third-order valence-electron chi connectivity index (χ3n) is 2.51. The Labute approximate surface area is 116 Å². The van der Waals surface area contributed by atoms with E-state index in [1.165, 1.54) is 6.21 Å². The molecule has 0 bridgehead atoms. The molecule has 3 N–H and O–H groups in total. The first-order valence-corrected chi connectivity index (χ1v) is 6.35. The van der Waals surface area contributed by atoms with Gasteiger partial charge in [-0.25, -0.2) is 5.43 Å². The van der Waals surface area contributed by atoms with E-state index in [0.29, 0.717) is 37.2 Å². The minimum absolute atomic E-state index is 0.130. The number of amides is 1. The molecule has 0 saturated heterocycles. The molecule has 1 heterocycles. The van der Waals surface area contributed by atoms with Crippen LogP contribution in [-0.2, 0) is 16.2 Å². The van der Waals surface area contributed by atoms with Crippen LogP contribution in [0.1, 0.15) is 43.6 Å².